The topological polar surface area (TPSA) is 83.1 Å². The van der Waals surface area contributed by atoms with Crippen molar-refractivity contribution in [3.05, 3.63) is 75.2 Å². The van der Waals surface area contributed by atoms with Gasteiger partial charge in [0.1, 0.15) is 0 Å². The van der Waals surface area contributed by atoms with Gasteiger partial charge in [0.2, 0.25) is 0 Å². The number of benzene rings is 2. The summed E-state index contributed by atoms with van der Waals surface area (Å²) in [4.78, 5) is 29.8. The second-order valence-corrected chi connectivity index (χ2v) is 8.96. The molecule has 2 amide bonds. The van der Waals surface area contributed by atoms with Gasteiger partial charge in [-0.25, -0.2) is 4.98 Å². The standard InChI is InChI=1S/C22H24N4O2S2/c1-14-4-9-20(15(2)10-14)23-11-21(27)25-26-22(28)17-5-7-19(8-6-17)30-13-18-12-29-16(3)24-18/h4-10,12,23H,11,13H2,1-3H3,(H,25,27)(H,26,28). The molecule has 30 heavy (non-hydrogen) atoms. The maximum absolute atomic E-state index is 12.2. The van der Waals surface area contributed by atoms with E-state index in [0.29, 0.717) is 5.56 Å². The van der Waals surface area contributed by atoms with Gasteiger partial charge in [0, 0.05) is 27.3 Å². The van der Waals surface area contributed by atoms with E-state index in [4.69, 9.17) is 0 Å². The Morgan fingerprint density at radius 1 is 1.03 bits per heavy atom. The number of amides is 2. The molecule has 0 aliphatic heterocycles. The first-order valence-electron chi connectivity index (χ1n) is 9.45. The van der Waals surface area contributed by atoms with Crippen molar-refractivity contribution in [2.45, 2.75) is 31.4 Å². The molecule has 1 aromatic heterocycles. The lowest BCUT2D eigenvalue weighted by Gasteiger charge is -2.11. The fourth-order valence-corrected chi connectivity index (χ4v) is 4.27. The highest BCUT2D eigenvalue weighted by Gasteiger charge is 2.08. The number of rotatable bonds is 7. The summed E-state index contributed by atoms with van der Waals surface area (Å²) < 4.78 is 0. The van der Waals surface area contributed by atoms with E-state index >= 15 is 0 Å². The SMILES string of the molecule is Cc1ccc(NCC(=O)NNC(=O)c2ccc(SCc3csc(C)n3)cc2)c(C)c1. The molecule has 1 heterocycles. The van der Waals surface area contributed by atoms with E-state index in [1.165, 1.54) is 0 Å². The van der Waals surface area contributed by atoms with Crippen molar-refractivity contribution in [2.75, 3.05) is 11.9 Å². The van der Waals surface area contributed by atoms with Crippen LogP contribution in [0.3, 0.4) is 0 Å². The molecule has 3 rings (SSSR count). The van der Waals surface area contributed by atoms with Crippen molar-refractivity contribution in [3.8, 4) is 0 Å². The molecule has 6 nitrogen and oxygen atoms in total. The molecule has 0 saturated heterocycles. The second-order valence-electron chi connectivity index (χ2n) is 6.85. The third-order valence-corrected chi connectivity index (χ3v) is 6.17. The maximum atomic E-state index is 12.2. The van der Waals surface area contributed by atoms with E-state index in [-0.39, 0.29) is 18.4 Å². The van der Waals surface area contributed by atoms with Crippen LogP contribution >= 0.6 is 23.1 Å². The van der Waals surface area contributed by atoms with E-state index in [1.54, 1.807) is 35.2 Å². The number of hydrazine groups is 1. The maximum Gasteiger partial charge on any atom is 0.269 e. The Morgan fingerprint density at radius 3 is 2.47 bits per heavy atom. The second kappa shape index (κ2) is 10.3. The molecule has 0 fully saturated rings. The predicted octanol–water partition coefficient (Wildman–Crippen LogP) is 4.23. The van der Waals surface area contributed by atoms with Gasteiger partial charge >= 0.3 is 0 Å². The van der Waals surface area contributed by atoms with E-state index in [0.717, 1.165) is 38.2 Å². The van der Waals surface area contributed by atoms with Crippen molar-refractivity contribution in [1.29, 1.82) is 0 Å². The molecule has 3 aromatic rings. The third-order valence-electron chi connectivity index (χ3n) is 4.31. The first-order chi connectivity index (χ1) is 14.4. The zero-order valence-corrected chi connectivity index (χ0v) is 18.7. The fraction of sp³-hybridized carbons (Fsp3) is 0.227. The van der Waals surface area contributed by atoms with Gasteiger partial charge in [0.15, 0.2) is 0 Å². The van der Waals surface area contributed by atoms with Crippen molar-refractivity contribution in [3.63, 3.8) is 0 Å². The summed E-state index contributed by atoms with van der Waals surface area (Å²) in [7, 11) is 0. The Balaban J connectivity index is 1.43. The summed E-state index contributed by atoms with van der Waals surface area (Å²) in [5.74, 6) is 0.106. The lowest BCUT2D eigenvalue weighted by Crippen LogP contribution is -2.44. The van der Waals surface area contributed by atoms with Crippen LogP contribution in [-0.2, 0) is 10.5 Å². The number of thioether (sulfide) groups is 1. The van der Waals surface area contributed by atoms with Crippen LogP contribution in [0.15, 0.2) is 52.7 Å². The number of carbonyl (C=O) groups is 2. The van der Waals surface area contributed by atoms with Gasteiger partial charge in [0.05, 0.1) is 17.2 Å². The quantitative estimate of drug-likeness (QED) is 0.378. The number of hydrogen-bond donors (Lipinski definition) is 3. The average molecular weight is 441 g/mol. The smallest absolute Gasteiger partial charge is 0.269 e. The van der Waals surface area contributed by atoms with Crippen LogP contribution < -0.4 is 16.2 Å². The van der Waals surface area contributed by atoms with Gasteiger partial charge in [-0.05, 0) is 56.7 Å². The van der Waals surface area contributed by atoms with Gasteiger partial charge in [-0.3, -0.25) is 20.4 Å². The monoisotopic (exact) mass is 440 g/mol. The normalized spacial score (nSPS) is 10.5. The van der Waals surface area contributed by atoms with Crippen LogP contribution in [0.2, 0.25) is 0 Å². The van der Waals surface area contributed by atoms with Crippen LogP contribution in [0.25, 0.3) is 0 Å². The summed E-state index contributed by atoms with van der Waals surface area (Å²) in [5.41, 5.74) is 9.53. The first-order valence-corrected chi connectivity index (χ1v) is 11.3. The minimum absolute atomic E-state index is 0.0653. The Labute approximate surface area is 184 Å². The largest absolute Gasteiger partial charge is 0.376 e. The number of hydrogen-bond acceptors (Lipinski definition) is 6. The number of carbonyl (C=O) groups excluding carboxylic acids is 2. The number of anilines is 1. The number of thiazole rings is 1. The number of nitrogens with one attached hydrogen (secondary N) is 3. The van der Waals surface area contributed by atoms with Crippen LogP contribution in [-0.4, -0.2) is 23.3 Å². The lowest BCUT2D eigenvalue weighted by atomic mass is 10.1. The van der Waals surface area contributed by atoms with Gasteiger partial charge in [-0.1, -0.05) is 17.7 Å². The Bertz CT molecular complexity index is 1030. The molecule has 8 heteroatoms. The summed E-state index contributed by atoms with van der Waals surface area (Å²) >= 11 is 3.31. The fourth-order valence-electron chi connectivity index (χ4n) is 2.76. The van der Waals surface area contributed by atoms with E-state index in [2.05, 4.69) is 26.5 Å². The highest BCUT2D eigenvalue weighted by Crippen LogP contribution is 2.23. The Hall–Kier alpha value is -2.84. The molecule has 0 radical (unpaired) electrons. The van der Waals surface area contributed by atoms with E-state index in [1.807, 2.05) is 51.1 Å². The molecule has 0 bridgehead atoms. The lowest BCUT2D eigenvalue weighted by molar-refractivity contribution is -0.120. The predicted molar refractivity (Wildman–Crippen MR) is 123 cm³/mol. The first kappa shape index (κ1) is 21.9. The molecule has 0 saturated carbocycles. The van der Waals surface area contributed by atoms with Crippen molar-refractivity contribution in [2.24, 2.45) is 0 Å². The number of aromatic nitrogens is 1. The van der Waals surface area contributed by atoms with Crippen molar-refractivity contribution < 1.29 is 9.59 Å². The molecule has 156 valence electrons. The van der Waals surface area contributed by atoms with Crippen molar-refractivity contribution >= 4 is 40.6 Å². The third kappa shape index (κ3) is 6.33. The number of nitrogens with zero attached hydrogens (tertiary/aromatic N) is 1. The molecular weight excluding hydrogens is 416 g/mol. The molecule has 0 spiro atoms. The summed E-state index contributed by atoms with van der Waals surface area (Å²) in [6, 6.07) is 13.2. The summed E-state index contributed by atoms with van der Waals surface area (Å²) in [5, 5.41) is 6.19. The zero-order valence-electron chi connectivity index (χ0n) is 17.1. The van der Waals surface area contributed by atoms with Crippen LogP contribution in [0.4, 0.5) is 5.69 Å². The molecule has 0 aliphatic carbocycles. The molecule has 3 N–H and O–H groups in total. The van der Waals surface area contributed by atoms with E-state index < -0.39 is 0 Å². The van der Waals surface area contributed by atoms with Crippen LogP contribution in [0.5, 0.6) is 0 Å². The van der Waals surface area contributed by atoms with Gasteiger partial charge in [0.25, 0.3) is 11.8 Å². The van der Waals surface area contributed by atoms with E-state index in [9.17, 15) is 9.59 Å². The molecule has 2 aromatic carbocycles. The highest BCUT2D eigenvalue weighted by molar-refractivity contribution is 7.98. The Morgan fingerprint density at radius 2 is 1.80 bits per heavy atom. The minimum Gasteiger partial charge on any atom is -0.376 e. The number of aryl methyl sites for hydroxylation is 3. The van der Waals surface area contributed by atoms with Gasteiger partial charge in [-0.2, -0.15) is 0 Å². The van der Waals surface area contributed by atoms with Crippen LogP contribution in [0.1, 0.15) is 32.2 Å². The highest BCUT2D eigenvalue weighted by atomic mass is 32.2. The Kier molecular flexibility index (Phi) is 7.48. The summed E-state index contributed by atoms with van der Waals surface area (Å²) in [6.07, 6.45) is 0. The zero-order chi connectivity index (χ0) is 21.5. The van der Waals surface area contributed by atoms with Crippen LogP contribution in [0, 0.1) is 20.8 Å². The minimum atomic E-state index is -0.360. The average Bonchev–Trinajstić information content (AvgIpc) is 3.15. The molecule has 0 aliphatic rings. The van der Waals surface area contributed by atoms with Crippen molar-refractivity contribution in [1.82, 2.24) is 15.8 Å². The summed E-state index contributed by atoms with van der Waals surface area (Å²) in [6.45, 7) is 6.06. The molecule has 0 atom stereocenters. The van der Waals surface area contributed by atoms with Gasteiger partial charge in [-0.15, -0.1) is 23.1 Å². The van der Waals surface area contributed by atoms with Gasteiger partial charge < -0.3 is 5.32 Å². The molecule has 0 unspecified atom stereocenters. The molecular formula is C22H24N4O2S2.